The van der Waals surface area contributed by atoms with E-state index in [2.05, 4.69) is 22.2 Å². The van der Waals surface area contributed by atoms with Crippen LogP contribution in [0.25, 0.3) is 10.6 Å². The molecule has 2 heterocycles. The van der Waals surface area contributed by atoms with Gasteiger partial charge in [0, 0.05) is 17.8 Å². The zero-order chi connectivity index (χ0) is 14.9. The molecule has 4 nitrogen and oxygen atoms in total. The molecule has 1 saturated carbocycles. The molecule has 110 valence electrons. The lowest BCUT2D eigenvalue weighted by Gasteiger charge is -2.05. The van der Waals surface area contributed by atoms with Gasteiger partial charge in [0.05, 0.1) is 21.3 Å². The van der Waals surface area contributed by atoms with Crippen LogP contribution >= 0.6 is 11.3 Å². The normalized spacial score (nSPS) is 14.0. The third-order valence-corrected chi connectivity index (χ3v) is 5.00. The number of hydrogen-bond donors (Lipinski definition) is 1. The van der Waals surface area contributed by atoms with Crippen molar-refractivity contribution in [1.82, 2.24) is 15.0 Å². The summed E-state index contributed by atoms with van der Waals surface area (Å²) in [5.74, 6) is 1.30. The summed E-state index contributed by atoms with van der Waals surface area (Å²) in [5.41, 5.74) is 2.99. The lowest BCUT2D eigenvalue weighted by Crippen LogP contribution is -1.97. The SMILES string of the molecule is Cc1nc(C2CC2)sc1-c1ccnc(Nc2ccccc2)n1. The van der Waals surface area contributed by atoms with Gasteiger partial charge in [-0.25, -0.2) is 15.0 Å². The Morgan fingerprint density at radius 1 is 1.09 bits per heavy atom. The topological polar surface area (TPSA) is 50.7 Å². The summed E-state index contributed by atoms with van der Waals surface area (Å²) in [4.78, 5) is 14.8. The van der Waals surface area contributed by atoms with Crippen LogP contribution < -0.4 is 5.32 Å². The molecule has 2 aromatic heterocycles. The third kappa shape index (κ3) is 2.72. The maximum Gasteiger partial charge on any atom is 0.227 e. The Bertz CT molecular complexity index is 793. The molecule has 0 radical (unpaired) electrons. The molecule has 0 atom stereocenters. The molecule has 1 aliphatic carbocycles. The molecular formula is C17H16N4S. The van der Waals surface area contributed by atoms with Crippen LogP contribution in [0.4, 0.5) is 11.6 Å². The molecule has 0 spiro atoms. The molecule has 1 fully saturated rings. The predicted molar refractivity (Wildman–Crippen MR) is 89.6 cm³/mol. The number of hydrogen-bond acceptors (Lipinski definition) is 5. The fourth-order valence-corrected chi connectivity index (χ4v) is 3.56. The fourth-order valence-electron chi connectivity index (χ4n) is 2.36. The quantitative estimate of drug-likeness (QED) is 0.769. The first-order valence-electron chi connectivity index (χ1n) is 7.42. The van der Waals surface area contributed by atoms with Gasteiger partial charge in [0.15, 0.2) is 0 Å². The summed E-state index contributed by atoms with van der Waals surface area (Å²) in [6.45, 7) is 2.06. The number of anilines is 2. The highest BCUT2D eigenvalue weighted by molar-refractivity contribution is 7.15. The van der Waals surface area contributed by atoms with Crippen molar-refractivity contribution in [2.75, 3.05) is 5.32 Å². The van der Waals surface area contributed by atoms with E-state index in [4.69, 9.17) is 4.98 Å². The highest BCUT2D eigenvalue weighted by Crippen LogP contribution is 2.44. The van der Waals surface area contributed by atoms with Crippen molar-refractivity contribution < 1.29 is 0 Å². The van der Waals surface area contributed by atoms with E-state index in [-0.39, 0.29) is 0 Å². The maximum atomic E-state index is 4.70. The van der Waals surface area contributed by atoms with E-state index < -0.39 is 0 Å². The van der Waals surface area contributed by atoms with E-state index >= 15 is 0 Å². The Labute approximate surface area is 133 Å². The molecule has 0 bridgehead atoms. The summed E-state index contributed by atoms with van der Waals surface area (Å²) in [7, 11) is 0. The molecule has 1 aliphatic rings. The van der Waals surface area contributed by atoms with Crippen molar-refractivity contribution in [3.05, 3.63) is 53.3 Å². The smallest absolute Gasteiger partial charge is 0.227 e. The summed E-state index contributed by atoms with van der Waals surface area (Å²) in [6, 6.07) is 11.9. The largest absolute Gasteiger partial charge is 0.324 e. The number of benzene rings is 1. The van der Waals surface area contributed by atoms with Gasteiger partial charge in [0.1, 0.15) is 0 Å². The Kier molecular flexibility index (Phi) is 3.35. The predicted octanol–water partition coefficient (Wildman–Crippen LogP) is 4.53. The molecule has 5 heteroatoms. The molecule has 0 saturated heterocycles. The first-order valence-corrected chi connectivity index (χ1v) is 8.24. The van der Waals surface area contributed by atoms with E-state index in [9.17, 15) is 0 Å². The van der Waals surface area contributed by atoms with E-state index in [1.165, 1.54) is 17.8 Å². The van der Waals surface area contributed by atoms with Crippen LogP contribution in [0, 0.1) is 6.92 Å². The first-order chi connectivity index (χ1) is 10.8. The standard InChI is InChI=1S/C17H16N4S/c1-11-15(22-16(19-11)12-7-8-12)14-9-10-18-17(21-14)20-13-5-3-2-4-6-13/h2-6,9-10,12H,7-8H2,1H3,(H,18,20,21). The number of nitrogens with one attached hydrogen (secondary N) is 1. The second-order valence-corrected chi connectivity index (χ2v) is 6.53. The van der Waals surface area contributed by atoms with Gasteiger partial charge in [-0.1, -0.05) is 18.2 Å². The van der Waals surface area contributed by atoms with Crippen molar-refractivity contribution >= 4 is 23.0 Å². The molecule has 0 unspecified atom stereocenters. The minimum absolute atomic E-state index is 0.615. The monoisotopic (exact) mass is 308 g/mol. The minimum atomic E-state index is 0.615. The van der Waals surface area contributed by atoms with Crippen LogP contribution in [0.2, 0.25) is 0 Å². The number of rotatable bonds is 4. The van der Waals surface area contributed by atoms with Crippen LogP contribution in [0.15, 0.2) is 42.6 Å². The highest BCUT2D eigenvalue weighted by atomic mass is 32.1. The second kappa shape index (κ2) is 5.50. The van der Waals surface area contributed by atoms with E-state index in [1.54, 1.807) is 17.5 Å². The maximum absolute atomic E-state index is 4.70. The molecule has 22 heavy (non-hydrogen) atoms. The molecule has 1 N–H and O–H groups in total. The molecule has 0 aliphatic heterocycles. The average Bonchev–Trinajstić information content (AvgIpc) is 3.31. The zero-order valence-electron chi connectivity index (χ0n) is 12.3. The Morgan fingerprint density at radius 3 is 2.68 bits per heavy atom. The van der Waals surface area contributed by atoms with Gasteiger partial charge in [-0.2, -0.15) is 0 Å². The van der Waals surface area contributed by atoms with Gasteiger partial charge in [-0.15, -0.1) is 11.3 Å². The van der Waals surface area contributed by atoms with Gasteiger partial charge < -0.3 is 5.32 Å². The first kappa shape index (κ1) is 13.4. The van der Waals surface area contributed by atoms with Gasteiger partial charge in [0.25, 0.3) is 0 Å². The van der Waals surface area contributed by atoms with Crippen molar-refractivity contribution in [2.45, 2.75) is 25.7 Å². The van der Waals surface area contributed by atoms with Crippen molar-refractivity contribution in [3.8, 4) is 10.6 Å². The van der Waals surface area contributed by atoms with E-state index in [1.807, 2.05) is 36.4 Å². The number of nitrogens with zero attached hydrogens (tertiary/aromatic N) is 3. The molecule has 0 amide bonds. The molecule has 4 rings (SSSR count). The van der Waals surface area contributed by atoms with Crippen LogP contribution in [-0.2, 0) is 0 Å². The number of aromatic nitrogens is 3. The molecule has 1 aromatic carbocycles. The number of aryl methyl sites for hydroxylation is 1. The van der Waals surface area contributed by atoms with Crippen LogP contribution in [-0.4, -0.2) is 15.0 Å². The molecular weight excluding hydrogens is 292 g/mol. The van der Waals surface area contributed by atoms with E-state index in [0.29, 0.717) is 11.9 Å². The van der Waals surface area contributed by atoms with Gasteiger partial charge in [0.2, 0.25) is 5.95 Å². The Hall–Kier alpha value is -2.27. The minimum Gasteiger partial charge on any atom is -0.324 e. The summed E-state index contributed by atoms with van der Waals surface area (Å²) >= 11 is 1.77. The highest BCUT2D eigenvalue weighted by Gasteiger charge is 2.28. The van der Waals surface area contributed by atoms with Crippen molar-refractivity contribution in [2.24, 2.45) is 0 Å². The van der Waals surface area contributed by atoms with Gasteiger partial charge >= 0.3 is 0 Å². The third-order valence-electron chi connectivity index (χ3n) is 3.66. The lowest BCUT2D eigenvalue weighted by atomic mass is 10.3. The van der Waals surface area contributed by atoms with E-state index in [0.717, 1.165) is 22.0 Å². The van der Waals surface area contributed by atoms with Gasteiger partial charge in [-0.3, -0.25) is 0 Å². The summed E-state index contributed by atoms with van der Waals surface area (Å²) in [6.07, 6.45) is 4.34. The second-order valence-electron chi connectivity index (χ2n) is 5.50. The van der Waals surface area contributed by atoms with Crippen molar-refractivity contribution in [1.29, 1.82) is 0 Å². The van der Waals surface area contributed by atoms with Crippen molar-refractivity contribution in [3.63, 3.8) is 0 Å². The number of thiazole rings is 1. The lowest BCUT2D eigenvalue weighted by molar-refractivity contribution is 1.06. The van der Waals surface area contributed by atoms with Crippen LogP contribution in [0.3, 0.4) is 0 Å². The van der Waals surface area contributed by atoms with Gasteiger partial charge in [-0.05, 0) is 38.0 Å². The Morgan fingerprint density at radius 2 is 1.91 bits per heavy atom. The average molecular weight is 308 g/mol. The summed E-state index contributed by atoms with van der Waals surface area (Å²) < 4.78 is 0. The van der Waals surface area contributed by atoms with Crippen LogP contribution in [0.5, 0.6) is 0 Å². The number of para-hydroxylation sites is 1. The summed E-state index contributed by atoms with van der Waals surface area (Å²) in [5, 5.41) is 4.49. The fraction of sp³-hybridized carbons (Fsp3) is 0.235. The molecule has 3 aromatic rings. The Balaban J connectivity index is 1.64. The van der Waals surface area contributed by atoms with Crippen LogP contribution in [0.1, 0.15) is 29.5 Å². The zero-order valence-corrected chi connectivity index (χ0v) is 13.1.